The van der Waals surface area contributed by atoms with Gasteiger partial charge in [-0.2, -0.15) is 0 Å². The van der Waals surface area contributed by atoms with E-state index in [1.54, 1.807) is 6.07 Å². The third-order valence-corrected chi connectivity index (χ3v) is 6.46. The molecule has 0 fully saturated rings. The van der Waals surface area contributed by atoms with Gasteiger partial charge >= 0.3 is 5.97 Å². The summed E-state index contributed by atoms with van der Waals surface area (Å²) in [5.41, 5.74) is 3.66. The van der Waals surface area contributed by atoms with Crippen LogP contribution in [0.15, 0.2) is 48.5 Å². The summed E-state index contributed by atoms with van der Waals surface area (Å²) in [7, 11) is -1.45. The maximum atomic E-state index is 11.7. The Labute approximate surface area is 143 Å². The Balaban J connectivity index is 2.18. The summed E-state index contributed by atoms with van der Waals surface area (Å²) in [5.74, 6) is -0.881. The van der Waals surface area contributed by atoms with Crippen molar-refractivity contribution in [2.75, 3.05) is 0 Å². The number of fused-ring (bicyclic) bond motifs is 1. The summed E-state index contributed by atoms with van der Waals surface area (Å²) in [6.45, 7) is 9.54. The fraction of sp³-hybridized carbons (Fsp3) is 0.250. The second-order valence-corrected chi connectivity index (χ2v) is 12.5. The molecular weight excluding hydrogens is 314 g/mol. The second-order valence-electron chi connectivity index (χ2n) is 7.43. The Kier molecular flexibility index (Phi) is 4.09. The van der Waals surface area contributed by atoms with Crippen molar-refractivity contribution in [3.63, 3.8) is 0 Å². The summed E-state index contributed by atoms with van der Waals surface area (Å²) in [4.78, 5) is 11.7. The maximum absolute atomic E-state index is 11.7. The third kappa shape index (κ3) is 3.15. The van der Waals surface area contributed by atoms with Crippen molar-refractivity contribution in [1.82, 2.24) is 4.57 Å². The lowest BCUT2D eigenvalue weighted by Crippen LogP contribution is -2.37. The summed E-state index contributed by atoms with van der Waals surface area (Å²) < 4.78 is 1.93. The van der Waals surface area contributed by atoms with Gasteiger partial charge in [-0.3, -0.25) is 0 Å². The summed E-state index contributed by atoms with van der Waals surface area (Å²) in [6, 6.07) is 16.4. The van der Waals surface area contributed by atoms with Crippen LogP contribution in [0.2, 0.25) is 19.6 Å². The topological polar surface area (TPSA) is 42.2 Å². The van der Waals surface area contributed by atoms with Gasteiger partial charge in [-0.1, -0.05) is 66.8 Å². The van der Waals surface area contributed by atoms with Crippen molar-refractivity contribution in [2.45, 2.75) is 33.1 Å². The predicted octanol–water partition coefficient (Wildman–Crippen LogP) is 4.24. The first-order chi connectivity index (χ1) is 11.3. The number of hydrogen-bond acceptors (Lipinski definition) is 1. The fourth-order valence-corrected chi connectivity index (χ4v) is 4.21. The number of hydrogen-bond donors (Lipinski definition) is 1. The van der Waals surface area contributed by atoms with Crippen molar-refractivity contribution in [3.8, 4) is 0 Å². The van der Waals surface area contributed by atoms with E-state index in [4.69, 9.17) is 0 Å². The fourth-order valence-electron chi connectivity index (χ4n) is 3.06. The van der Waals surface area contributed by atoms with Crippen LogP contribution in [-0.2, 0) is 6.54 Å². The molecule has 1 N–H and O–H groups in total. The second kappa shape index (κ2) is 5.95. The molecule has 24 heavy (non-hydrogen) atoms. The van der Waals surface area contributed by atoms with Crippen LogP contribution in [0, 0.1) is 6.92 Å². The molecule has 0 unspecified atom stereocenters. The molecule has 3 aromatic rings. The molecule has 0 bridgehead atoms. The van der Waals surface area contributed by atoms with E-state index in [1.807, 2.05) is 16.7 Å². The Morgan fingerprint density at radius 3 is 2.46 bits per heavy atom. The number of nitrogens with zero attached hydrogens (tertiary/aromatic N) is 1. The average molecular weight is 337 g/mol. The highest BCUT2D eigenvalue weighted by Crippen LogP contribution is 2.22. The van der Waals surface area contributed by atoms with Crippen molar-refractivity contribution >= 4 is 30.1 Å². The number of carboxylic acids is 1. The number of aromatic carboxylic acids is 1. The van der Waals surface area contributed by atoms with Crippen molar-refractivity contribution in [1.29, 1.82) is 0 Å². The zero-order chi connectivity index (χ0) is 17.5. The molecule has 4 heteroatoms. The number of carboxylic acid groups (broad SMARTS) is 1. The molecule has 3 rings (SSSR count). The zero-order valence-corrected chi connectivity index (χ0v) is 15.6. The molecule has 0 aliphatic rings. The minimum atomic E-state index is -1.45. The largest absolute Gasteiger partial charge is 0.477 e. The molecule has 0 saturated carbocycles. The van der Waals surface area contributed by atoms with E-state index in [0.717, 1.165) is 16.5 Å². The van der Waals surface area contributed by atoms with Crippen molar-refractivity contribution in [3.05, 3.63) is 65.4 Å². The van der Waals surface area contributed by atoms with Gasteiger partial charge in [-0.15, -0.1) is 0 Å². The monoisotopic (exact) mass is 337 g/mol. The number of rotatable bonds is 4. The molecule has 1 aromatic heterocycles. The highest BCUT2D eigenvalue weighted by atomic mass is 28.3. The first-order valence-corrected chi connectivity index (χ1v) is 11.7. The SMILES string of the molecule is Cc1cccc(Cn2c(C(=O)O)cc3ccc([Si](C)(C)C)cc32)c1. The van der Waals surface area contributed by atoms with E-state index in [0.29, 0.717) is 12.2 Å². The van der Waals surface area contributed by atoms with Crippen LogP contribution in [0.4, 0.5) is 0 Å². The normalized spacial score (nSPS) is 11.8. The molecule has 1 heterocycles. The number of benzene rings is 2. The van der Waals surface area contributed by atoms with Crippen LogP contribution in [0.5, 0.6) is 0 Å². The summed E-state index contributed by atoms with van der Waals surface area (Å²) >= 11 is 0. The molecule has 3 nitrogen and oxygen atoms in total. The van der Waals surface area contributed by atoms with Gasteiger partial charge in [-0.05, 0) is 24.6 Å². The number of carbonyl (C=O) groups is 1. The Morgan fingerprint density at radius 2 is 1.83 bits per heavy atom. The van der Waals surface area contributed by atoms with Crippen LogP contribution in [0.25, 0.3) is 10.9 Å². The van der Waals surface area contributed by atoms with Crippen LogP contribution < -0.4 is 5.19 Å². The van der Waals surface area contributed by atoms with Crippen LogP contribution in [-0.4, -0.2) is 23.7 Å². The van der Waals surface area contributed by atoms with E-state index in [9.17, 15) is 9.90 Å². The van der Waals surface area contributed by atoms with Crippen molar-refractivity contribution < 1.29 is 9.90 Å². The van der Waals surface area contributed by atoms with Crippen LogP contribution in [0.1, 0.15) is 21.6 Å². The van der Waals surface area contributed by atoms with Gasteiger partial charge in [0.1, 0.15) is 5.69 Å². The molecule has 0 aliphatic heterocycles. The quantitative estimate of drug-likeness (QED) is 0.724. The lowest BCUT2D eigenvalue weighted by molar-refractivity contribution is 0.0686. The molecule has 0 aliphatic carbocycles. The molecule has 124 valence electrons. The van der Waals surface area contributed by atoms with Gasteiger partial charge in [0.25, 0.3) is 0 Å². The molecule has 0 amide bonds. The van der Waals surface area contributed by atoms with E-state index in [2.05, 4.69) is 56.9 Å². The van der Waals surface area contributed by atoms with Crippen LogP contribution in [0.3, 0.4) is 0 Å². The van der Waals surface area contributed by atoms with E-state index in [1.165, 1.54) is 10.8 Å². The Morgan fingerprint density at radius 1 is 1.08 bits per heavy atom. The summed E-state index contributed by atoms with van der Waals surface area (Å²) in [5, 5.41) is 11.9. The maximum Gasteiger partial charge on any atom is 0.352 e. The Bertz CT molecular complexity index is 919. The summed E-state index contributed by atoms with van der Waals surface area (Å²) in [6.07, 6.45) is 0. The first kappa shape index (κ1) is 16.5. The highest BCUT2D eigenvalue weighted by molar-refractivity contribution is 6.88. The molecule has 0 radical (unpaired) electrons. The zero-order valence-electron chi connectivity index (χ0n) is 14.6. The van der Waals surface area contributed by atoms with Gasteiger partial charge < -0.3 is 9.67 Å². The lowest BCUT2D eigenvalue weighted by Gasteiger charge is -2.17. The van der Waals surface area contributed by atoms with Gasteiger partial charge in [0.05, 0.1) is 8.07 Å². The van der Waals surface area contributed by atoms with Gasteiger partial charge in [-0.25, -0.2) is 4.79 Å². The van der Waals surface area contributed by atoms with E-state index >= 15 is 0 Å². The highest BCUT2D eigenvalue weighted by Gasteiger charge is 2.20. The van der Waals surface area contributed by atoms with Gasteiger partial charge in [0, 0.05) is 17.4 Å². The predicted molar refractivity (Wildman–Crippen MR) is 102 cm³/mol. The molecule has 0 spiro atoms. The minimum absolute atomic E-state index is 0.347. The van der Waals surface area contributed by atoms with Crippen molar-refractivity contribution in [2.24, 2.45) is 0 Å². The molecule has 0 atom stereocenters. The lowest BCUT2D eigenvalue weighted by atomic mass is 10.1. The minimum Gasteiger partial charge on any atom is -0.477 e. The van der Waals surface area contributed by atoms with Gasteiger partial charge in [0.15, 0.2) is 0 Å². The van der Waals surface area contributed by atoms with E-state index in [-0.39, 0.29) is 0 Å². The molecular formula is C20H23NO2Si. The number of aryl methyl sites for hydroxylation is 1. The standard InChI is InChI=1S/C20H23NO2Si/c1-14-6-5-7-15(10-14)13-21-18-12-17(24(2,3)4)9-8-16(18)11-19(21)20(22)23/h5-12H,13H2,1-4H3,(H,22,23). The molecule has 0 saturated heterocycles. The van der Waals surface area contributed by atoms with Gasteiger partial charge in [0.2, 0.25) is 0 Å². The number of aromatic nitrogens is 1. The Hall–Kier alpha value is -2.33. The first-order valence-electron chi connectivity index (χ1n) is 8.18. The smallest absolute Gasteiger partial charge is 0.352 e. The van der Waals surface area contributed by atoms with E-state index < -0.39 is 14.0 Å². The third-order valence-electron chi connectivity index (χ3n) is 4.41. The molecule has 2 aromatic carbocycles. The van der Waals surface area contributed by atoms with Crippen LogP contribution >= 0.6 is 0 Å². The average Bonchev–Trinajstić information content (AvgIpc) is 2.85.